The van der Waals surface area contributed by atoms with Crippen molar-refractivity contribution in [2.45, 2.75) is 42.2 Å². The molecule has 0 N–H and O–H groups in total. The topological polar surface area (TPSA) is 0 Å². The van der Waals surface area contributed by atoms with Crippen molar-refractivity contribution in [2.75, 3.05) is 6.16 Å². The van der Waals surface area contributed by atoms with Gasteiger partial charge in [-0.1, -0.05) is 54.6 Å². The molecule has 0 spiro atoms. The summed E-state index contributed by atoms with van der Waals surface area (Å²) in [6.45, 7) is 0. The summed E-state index contributed by atoms with van der Waals surface area (Å²) in [5, 5.41) is 0.895. The molecule has 0 aliphatic rings. The molecule has 0 heterocycles. The van der Waals surface area contributed by atoms with E-state index in [4.69, 9.17) is 0 Å². The van der Waals surface area contributed by atoms with Gasteiger partial charge in [0, 0.05) is 0 Å². The molecule has 3 aromatic rings. The first-order valence-electron chi connectivity index (χ1n) is 11.3. The molecular formula is C26H19F13P+. The summed E-state index contributed by atoms with van der Waals surface area (Å²) >= 11 is 0. The van der Waals surface area contributed by atoms with E-state index in [2.05, 4.69) is 0 Å². The van der Waals surface area contributed by atoms with Crippen molar-refractivity contribution in [1.82, 2.24) is 0 Å². The maximum absolute atomic E-state index is 14.9. The number of hydrogen-bond donors (Lipinski definition) is 0. The lowest BCUT2D eigenvalue weighted by Gasteiger charge is -2.40. The second-order valence-electron chi connectivity index (χ2n) is 8.79. The van der Waals surface area contributed by atoms with Gasteiger partial charge in [0.1, 0.15) is 23.2 Å². The zero-order valence-electron chi connectivity index (χ0n) is 19.9. The Morgan fingerprint density at radius 1 is 0.400 bits per heavy atom. The molecule has 40 heavy (non-hydrogen) atoms. The Hall–Kier alpha value is -2.82. The van der Waals surface area contributed by atoms with E-state index < -0.39 is 55.6 Å². The van der Waals surface area contributed by atoms with Gasteiger partial charge in [0.25, 0.3) is 0 Å². The minimum absolute atomic E-state index is 0.298. The molecule has 218 valence electrons. The van der Waals surface area contributed by atoms with Crippen molar-refractivity contribution in [3.63, 3.8) is 0 Å². The Morgan fingerprint density at radius 3 is 1.00 bits per heavy atom. The van der Waals surface area contributed by atoms with E-state index in [-0.39, 0.29) is 0 Å². The standard InChI is InChI=1S/C26H19F13P/c27-21(28,22(29,30)23(31,32)24(33,34)25(35,36)26(37,38)39)16-17-40(18-10-4-1-5-11-18,19-12-6-2-7-13-19)20-14-8-3-9-15-20/h1-15H,16-17H2/q+1. The third-order valence-corrected chi connectivity index (χ3v) is 10.8. The SMILES string of the molecule is FC(F)(F)C(F)(F)C(F)(F)C(F)(F)C(F)(F)C(F)(F)CC[P+](c1ccccc1)(c1ccccc1)c1ccccc1. The predicted molar refractivity (Wildman–Crippen MR) is 125 cm³/mol. The van der Waals surface area contributed by atoms with Crippen molar-refractivity contribution in [2.24, 2.45) is 0 Å². The summed E-state index contributed by atoms with van der Waals surface area (Å²) in [5.41, 5.74) is 0. The highest BCUT2D eigenvalue weighted by Crippen LogP contribution is 2.63. The molecule has 14 heteroatoms. The maximum Gasteiger partial charge on any atom is 0.460 e. The Kier molecular flexibility index (Phi) is 8.35. The zero-order chi connectivity index (χ0) is 30.3. The molecule has 0 saturated carbocycles. The van der Waals surface area contributed by atoms with E-state index in [1.807, 2.05) is 0 Å². The van der Waals surface area contributed by atoms with Crippen LogP contribution in [0.2, 0.25) is 0 Å². The lowest BCUT2D eigenvalue weighted by atomic mass is 9.93. The number of halogens is 13. The molecule has 0 nitrogen and oxygen atoms in total. The van der Waals surface area contributed by atoms with Crippen LogP contribution in [0.4, 0.5) is 57.1 Å². The average Bonchev–Trinajstić information content (AvgIpc) is 2.90. The summed E-state index contributed by atoms with van der Waals surface area (Å²) in [6.07, 6.45) is -10.8. The molecule has 0 bridgehead atoms. The maximum atomic E-state index is 14.9. The molecule has 0 amide bonds. The van der Waals surface area contributed by atoms with E-state index in [1.54, 1.807) is 18.2 Å². The first kappa shape index (κ1) is 31.7. The van der Waals surface area contributed by atoms with Crippen LogP contribution >= 0.6 is 7.26 Å². The molecule has 3 aromatic carbocycles. The van der Waals surface area contributed by atoms with Crippen LogP contribution < -0.4 is 15.9 Å². The lowest BCUT2D eigenvalue weighted by molar-refractivity contribution is -0.439. The molecule has 0 radical (unpaired) electrons. The van der Waals surface area contributed by atoms with Gasteiger partial charge in [-0.25, -0.2) is 0 Å². The zero-order valence-corrected chi connectivity index (χ0v) is 20.8. The largest absolute Gasteiger partial charge is 0.460 e. The Bertz CT molecular complexity index is 1160. The summed E-state index contributed by atoms with van der Waals surface area (Å²) in [4.78, 5) is 0. The Balaban J connectivity index is 2.15. The summed E-state index contributed by atoms with van der Waals surface area (Å²) in [6, 6.07) is 22.3. The van der Waals surface area contributed by atoms with E-state index in [0.717, 1.165) is 0 Å². The van der Waals surface area contributed by atoms with Crippen LogP contribution in [-0.2, 0) is 0 Å². The Morgan fingerprint density at radius 2 is 0.700 bits per heavy atom. The highest BCUT2D eigenvalue weighted by Gasteiger charge is 2.90. The van der Waals surface area contributed by atoms with Crippen LogP contribution in [0.25, 0.3) is 0 Å². The summed E-state index contributed by atoms with van der Waals surface area (Å²) in [7, 11) is -3.45. The molecule has 0 fully saturated rings. The van der Waals surface area contributed by atoms with Crippen molar-refractivity contribution >= 4 is 23.2 Å². The minimum Gasteiger partial charge on any atom is -0.199 e. The predicted octanol–water partition coefficient (Wildman–Crippen LogP) is 8.11. The van der Waals surface area contributed by atoms with E-state index in [1.165, 1.54) is 72.8 Å². The number of hydrogen-bond acceptors (Lipinski definition) is 0. The van der Waals surface area contributed by atoms with Crippen LogP contribution in [0.1, 0.15) is 6.42 Å². The molecule has 0 aliphatic heterocycles. The van der Waals surface area contributed by atoms with Gasteiger partial charge in [-0.2, -0.15) is 57.1 Å². The molecule has 0 saturated heterocycles. The molecule has 0 aliphatic carbocycles. The van der Waals surface area contributed by atoms with Crippen LogP contribution in [0.15, 0.2) is 91.0 Å². The normalized spacial score (nSPS) is 14.3. The van der Waals surface area contributed by atoms with Crippen LogP contribution in [-0.4, -0.2) is 42.0 Å². The fourth-order valence-electron chi connectivity index (χ4n) is 4.15. The summed E-state index contributed by atoms with van der Waals surface area (Å²) in [5.74, 6) is -37.0. The highest BCUT2D eigenvalue weighted by atomic mass is 31.2. The number of rotatable bonds is 10. The van der Waals surface area contributed by atoms with Crippen LogP contribution in [0.5, 0.6) is 0 Å². The van der Waals surface area contributed by atoms with E-state index in [0.29, 0.717) is 15.9 Å². The highest BCUT2D eigenvalue weighted by molar-refractivity contribution is 7.95. The van der Waals surface area contributed by atoms with Gasteiger partial charge in [0.2, 0.25) is 0 Å². The quantitative estimate of drug-likeness (QED) is 0.161. The van der Waals surface area contributed by atoms with Gasteiger partial charge >= 0.3 is 35.8 Å². The van der Waals surface area contributed by atoms with Gasteiger partial charge in [-0.3, -0.25) is 0 Å². The van der Waals surface area contributed by atoms with Crippen molar-refractivity contribution < 1.29 is 57.1 Å². The summed E-state index contributed by atoms with van der Waals surface area (Å²) < 4.78 is 178. The van der Waals surface area contributed by atoms with Gasteiger partial charge < -0.3 is 0 Å². The van der Waals surface area contributed by atoms with Crippen LogP contribution in [0, 0.1) is 0 Å². The smallest absolute Gasteiger partial charge is 0.199 e. The number of benzene rings is 3. The van der Waals surface area contributed by atoms with Crippen molar-refractivity contribution in [1.29, 1.82) is 0 Å². The average molecular weight is 609 g/mol. The first-order valence-corrected chi connectivity index (χ1v) is 13.3. The molecule has 3 rings (SSSR count). The van der Waals surface area contributed by atoms with Gasteiger partial charge in [0.15, 0.2) is 0 Å². The second-order valence-corrected chi connectivity index (χ2v) is 12.4. The van der Waals surface area contributed by atoms with Gasteiger partial charge in [0.05, 0.1) is 12.6 Å². The lowest BCUT2D eigenvalue weighted by Crippen LogP contribution is -2.70. The molecule has 0 atom stereocenters. The molecular weight excluding hydrogens is 590 g/mol. The minimum atomic E-state index is -7.92. The third-order valence-electron chi connectivity index (χ3n) is 6.35. The number of alkyl halides is 13. The molecule has 0 unspecified atom stereocenters. The van der Waals surface area contributed by atoms with E-state index in [9.17, 15) is 57.1 Å². The van der Waals surface area contributed by atoms with Crippen LogP contribution in [0.3, 0.4) is 0 Å². The fourth-order valence-corrected chi connectivity index (χ4v) is 8.48. The molecule has 0 aromatic heterocycles. The van der Waals surface area contributed by atoms with E-state index >= 15 is 0 Å². The van der Waals surface area contributed by atoms with Crippen molar-refractivity contribution in [3.8, 4) is 0 Å². The van der Waals surface area contributed by atoms with Gasteiger partial charge in [-0.15, -0.1) is 0 Å². The Labute approximate surface area is 220 Å². The monoisotopic (exact) mass is 609 g/mol. The van der Waals surface area contributed by atoms with Crippen molar-refractivity contribution in [3.05, 3.63) is 91.0 Å². The fraction of sp³-hybridized carbons (Fsp3) is 0.308. The first-order chi connectivity index (χ1) is 18.3. The van der Waals surface area contributed by atoms with Gasteiger partial charge in [-0.05, 0) is 36.4 Å². The second kappa shape index (κ2) is 10.5. The third kappa shape index (κ3) is 4.94.